The highest BCUT2D eigenvalue weighted by molar-refractivity contribution is 5.52. The second-order valence-corrected chi connectivity index (χ2v) is 5.18. The Balaban J connectivity index is 3.17. The maximum atomic E-state index is 13.0. The van der Waals surface area contributed by atoms with E-state index in [0.29, 0.717) is 18.9 Å². The number of anilines is 1. The molecule has 0 saturated carbocycles. The Kier molecular flexibility index (Phi) is 4.93. The van der Waals surface area contributed by atoms with Crippen LogP contribution in [0.3, 0.4) is 0 Å². The molecule has 0 unspecified atom stereocenters. The highest BCUT2D eigenvalue weighted by atomic mass is 19.4. The summed E-state index contributed by atoms with van der Waals surface area (Å²) in [5, 5.41) is 13.3. The molecule has 0 atom stereocenters. The van der Waals surface area contributed by atoms with E-state index in [1.807, 2.05) is 0 Å². The van der Waals surface area contributed by atoms with Gasteiger partial charge in [0.05, 0.1) is 4.92 Å². The van der Waals surface area contributed by atoms with E-state index in [9.17, 15) is 23.3 Å². The maximum absolute atomic E-state index is 13.0. The molecule has 1 N–H and O–H groups in total. The molecule has 1 rings (SSSR count). The van der Waals surface area contributed by atoms with E-state index < -0.39 is 33.7 Å². The molecule has 1 heterocycles. The topological polar surface area (TPSA) is 68.1 Å². The zero-order valence-corrected chi connectivity index (χ0v) is 11.7. The summed E-state index contributed by atoms with van der Waals surface area (Å²) in [6, 6.07) is 0.485. The predicted molar refractivity (Wildman–Crippen MR) is 73.0 cm³/mol. The summed E-state index contributed by atoms with van der Waals surface area (Å²) >= 11 is 0. The first kappa shape index (κ1) is 16.9. The van der Waals surface area contributed by atoms with Gasteiger partial charge in [-0.2, -0.15) is 13.2 Å². The molecular weight excluding hydrogens is 287 g/mol. The number of allylic oxidation sites excluding steroid dienone is 1. The van der Waals surface area contributed by atoms with E-state index in [4.69, 9.17) is 0 Å². The normalized spacial score (nSPS) is 12.0. The lowest BCUT2D eigenvalue weighted by Gasteiger charge is -2.28. The molecule has 0 spiro atoms. The van der Waals surface area contributed by atoms with Crippen LogP contribution in [-0.2, 0) is 6.18 Å². The van der Waals surface area contributed by atoms with Gasteiger partial charge in [-0.1, -0.05) is 6.08 Å². The van der Waals surface area contributed by atoms with Crippen molar-refractivity contribution < 1.29 is 18.1 Å². The minimum Gasteiger partial charge on any atom is -0.365 e. The van der Waals surface area contributed by atoms with Gasteiger partial charge in [0.2, 0.25) is 0 Å². The number of pyridine rings is 1. The Bertz CT molecular complexity index is 542. The highest BCUT2D eigenvalue weighted by Gasteiger charge is 2.37. The van der Waals surface area contributed by atoms with Crippen molar-refractivity contribution in [1.82, 2.24) is 4.98 Å². The van der Waals surface area contributed by atoms with Gasteiger partial charge in [-0.05, 0) is 26.7 Å². The predicted octanol–water partition coefficient (Wildman–Crippen LogP) is 4.17. The number of rotatable bonds is 6. The van der Waals surface area contributed by atoms with E-state index in [1.54, 1.807) is 19.9 Å². The number of halogens is 3. The molecule has 5 nitrogen and oxygen atoms in total. The zero-order chi connectivity index (χ0) is 16.3. The molecule has 0 aromatic carbocycles. The first-order chi connectivity index (χ1) is 9.57. The van der Waals surface area contributed by atoms with Crippen LogP contribution in [0.5, 0.6) is 0 Å². The van der Waals surface area contributed by atoms with Crippen LogP contribution in [0, 0.1) is 10.1 Å². The van der Waals surface area contributed by atoms with Gasteiger partial charge < -0.3 is 5.32 Å². The van der Waals surface area contributed by atoms with Crippen LogP contribution in [0.2, 0.25) is 0 Å². The van der Waals surface area contributed by atoms with Gasteiger partial charge in [0.15, 0.2) is 0 Å². The molecule has 21 heavy (non-hydrogen) atoms. The van der Waals surface area contributed by atoms with E-state index >= 15 is 0 Å². The molecule has 0 aliphatic heterocycles. The van der Waals surface area contributed by atoms with Gasteiger partial charge in [0.1, 0.15) is 17.6 Å². The molecule has 0 aliphatic rings. The Morgan fingerprint density at radius 3 is 2.57 bits per heavy atom. The number of nitrogens with zero attached hydrogens (tertiary/aromatic N) is 2. The minimum atomic E-state index is -4.73. The summed E-state index contributed by atoms with van der Waals surface area (Å²) in [6.07, 6.45) is -1.09. The molecule has 1 aromatic heterocycles. The van der Waals surface area contributed by atoms with Crippen molar-refractivity contribution in [2.45, 2.75) is 38.4 Å². The van der Waals surface area contributed by atoms with Crippen molar-refractivity contribution >= 4 is 11.5 Å². The summed E-state index contributed by atoms with van der Waals surface area (Å²) in [5.74, 6) is -0.415. The quantitative estimate of drug-likeness (QED) is 0.486. The summed E-state index contributed by atoms with van der Waals surface area (Å²) in [7, 11) is 0. The molecule has 0 fully saturated rings. The SMILES string of the molecule is C=CCCC(C)(C)Nc1ncc([N+](=O)[O-])cc1C(F)(F)F. The molecule has 0 bridgehead atoms. The van der Waals surface area contributed by atoms with Crippen molar-refractivity contribution in [2.24, 2.45) is 0 Å². The molecule has 1 aromatic rings. The van der Waals surface area contributed by atoms with Crippen LogP contribution in [0.25, 0.3) is 0 Å². The van der Waals surface area contributed by atoms with Crippen molar-refractivity contribution in [3.8, 4) is 0 Å². The smallest absolute Gasteiger partial charge is 0.365 e. The summed E-state index contributed by atoms with van der Waals surface area (Å²) in [4.78, 5) is 13.2. The number of alkyl halides is 3. The molecule has 8 heteroatoms. The Morgan fingerprint density at radius 1 is 1.48 bits per heavy atom. The molecular formula is C13H16F3N3O2. The van der Waals surface area contributed by atoms with Gasteiger partial charge in [-0.3, -0.25) is 10.1 Å². The van der Waals surface area contributed by atoms with Crippen molar-refractivity contribution in [2.75, 3.05) is 5.32 Å². The fraction of sp³-hybridized carbons (Fsp3) is 0.462. The monoisotopic (exact) mass is 303 g/mol. The maximum Gasteiger partial charge on any atom is 0.420 e. The van der Waals surface area contributed by atoms with E-state index in [2.05, 4.69) is 16.9 Å². The standard InChI is InChI=1S/C13H16F3N3O2/c1-4-5-6-12(2,3)18-11-10(13(14,15)16)7-9(8-17-11)19(20)21/h4,7-8H,1,5-6H2,2-3H3,(H,17,18). The zero-order valence-electron chi connectivity index (χ0n) is 11.7. The van der Waals surface area contributed by atoms with Crippen LogP contribution in [-0.4, -0.2) is 15.4 Å². The fourth-order valence-corrected chi connectivity index (χ4v) is 1.72. The van der Waals surface area contributed by atoms with Crippen LogP contribution in [0.4, 0.5) is 24.7 Å². The highest BCUT2D eigenvalue weighted by Crippen LogP contribution is 2.37. The number of hydrogen-bond donors (Lipinski definition) is 1. The molecule has 116 valence electrons. The van der Waals surface area contributed by atoms with Gasteiger partial charge >= 0.3 is 6.18 Å². The average molecular weight is 303 g/mol. The van der Waals surface area contributed by atoms with E-state index in [1.165, 1.54) is 0 Å². The van der Waals surface area contributed by atoms with Gasteiger partial charge in [-0.15, -0.1) is 6.58 Å². The third kappa shape index (κ3) is 4.73. The lowest BCUT2D eigenvalue weighted by Crippen LogP contribution is -2.32. The Hall–Kier alpha value is -2.12. The van der Waals surface area contributed by atoms with Gasteiger partial charge in [-0.25, -0.2) is 4.98 Å². The molecule has 0 amide bonds. The summed E-state index contributed by atoms with van der Waals surface area (Å²) < 4.78 is 39.0. The second-order valence-electron chi connectivity index (χ2n) is 5.18. The molecule has 0 radical (unpaired) electrons. The van der Waals surface area contributed by atoms with Crippen molar-refractivity contribution in [3.63, 3.8) is 0 Å². The number of hydrogen-bond acceptors (Lipinski definition) is 4. The van der Waals surface area contributed by atoms with Crippen LogP contribution in [0.1, 0.15) is 32.3 Å². The lowest BCUT2D eigenvalue weighted by atomic mass is 9.98. The lowest BCUT2D eigenvalue weighted by molar-refractivity contribution is -0.385. The summed E-state index contributed by atoms with van der Waals surface area (Å²) in [5.41, 5.74) is -2.50. The number of aromatic nitrogens is 1. The van der Waals surface area contributed by atoms with Crippen LogP contribution >= 0.6 is 0 Å². The first-order valence-corrected chi connectivity index (χ1v) is 6.17. The van der Waals surface area contributed by atoms with E-state index in [-0.39, 0.29) is 0 Å². The van der Waals surface area contributed by atoms with Gasteiger partial charge in [0.25, 0.3) is 5.69 Å². The average Bonchev–Trinajstić information content (AvgIpc) is 2.35. The second kappa shape index (κ2) is 6.11. The number of nitrogens with one attached hydrogen (secondary N) is 1. The number of nitro groups is 1. The van der Waals surface area contributed by atoms with Crippen molar-refractivity contribution in [3.05, 3.63) is 40.6 Å². The van der Waals surface area contributed by atoms with Crippen molar-refractivity contribution in [1.29, 1.82) is 0 Å². The van der Waals surface area contributed by atoms with Gasteiger partial charge in [0, 0.05) is 11.6 Å². The van der Waals surface area contributed by atoms with Crippen LogP contribution in [0.15, 0.2) is 24.9 Å². The fourth-order valence-electron chi connectivity index (χ4n) is 1.72. The first-order valence-electron chi connectivity index (χ1n) is 6.17. The molecule has 0 aliphatic carbocycles. The van der Waals surface area contributed by atoms with Crippen LogP contribution < -0.4 is 5.32 Å². The Labute approximate surface area is 120 Å². The van der Waals surface area contributed by atoms with E-state index in [0.717, 1.165) is 6.20 Å². The summed E-state index contributed by atoms with van der Waals surface area (Å²) in [6.45, 7) is 7.00. The largest absolute Gasteiger partial charge is 0.420 e. The third-order valence-corrected chi connectivity index (χ3v) is 2.82. The molecule has 0 saturated heterocycles. The third-order valence-electron chi connectivity index (χ3n) is 2.82. The Morgan fingerprint density at radius 2 is 2.10 bits per heavy atom. The minimum absolute atomic E-state index is 0.415.